The monoisotopic (exact) mass is 245 g/mol. The number of non-ortho nitro benzene ring substituents is 1. The summed E-state index contributed by atoms with van der Waals surface area (Å²) in [6.45, 7) is 0. The molecular formula is C12H11N3O3. The zero-order valence-corrected chi connectivity index (χ0v) is 9.37. The van der Waals surface area contributed by atoms with Crippen molar-refractivity contribution in [1.29, 1.82) is 0 Å². The molecule has 0 aromatic heterocycles. The van der Waals surface area contributed by atoms with Crippen molar-refractivity contribution < 1.29 is 9.66 Å². The number of nitrogens with two attached hydrogens (primary N) is 1. The van der Waals surface area contributed by atoms with Crippen molar-refractivity contribution in [2.24, 2.45) is 5.84 Å². The second-order valence-corrected chi connectivity index (χ2v) is 3.53. The zero-order chi connectivity index (χ0) is 13.0. The van der Waals surface area contributed by atoms with Crippen LogP contribution in [0, 0.1) is 10.1 Å². The van der Waals surface area contributed by atoms with Crippen LogP contribution in [0.1, 0.15) is 0 Å². The molecule has 6 heteroatoms. The number of nitrogens with zero attached hydrogens (tertiary/aromatic N) is 1. The van der Waals surface area contributed by atoms with Gasteiger partial charge in [-0.15, -0.1) is 0 Å². The molecule has 0 unspecified atom stereocenters. The van der Waals surface area contributed by atoms with Crippen molar-refractivity contribution in [3.05, 3.63) is 58.6 Å². The summed E-state index contributed by atoms with van der Waals surface area (Å²) >= 11 is 0. The molecule has 0 aliphatic rings. The highest BCUT2D eigenvalue weighted by Gasteiger charge is 2.10. The van der Waals surface area contributed by atoms with Gasteiger partial charge in [-0.05, 0) is 12.1 Å². The third kappa shape index (κ3) is 2.74. The molecule has 0 amide bonds. The molecule has 0 bridgehead atoms. The molecule has 0 aliphatic carbocycles. The van der Waals surface area contributed by atoms with E-state index in [4.69, 9.17) is 10.6 Å². The number of nitrogen functional groups attached to an aromatic ring is 1. The lowest BCUT2D eigenvalue weighted by Gasteiger charge is -2.07. The maximum absolute atomic E-state index is 10.8. The fourth-order valence-electron chi connectivity index (χ4n) is 1.46. The summed E-state index contributed by atoms with van der Waals surface area (Å²) < 4.78 is 5.51. The van der Waals surface area contributed by atoms with Gasteiger partial charge in [-0.3, -0.25) is 16.0 Å². The number of para-hydroxylation sites is 1. The summed E-state index contributed by atoms with van der Waals surface area (Å²) in [5.41, 5.74) is 2.69. The van der Waals surface area contributed by atoms with Gasteiger partial charge in [0.1, 0.15) is 11.5 Å². The SMILES string of the molecule is NNc1cc(Oc2ccccc2)cc([N+](=O)[O-])c1. The third-order valence-electron chi connectivity index (χ3n) is 2.25. The highest BCUT2D eigenvalue weighted by Crippen LogP contribution is 2.29. The number of ether oxygens (including phenoxy) is 1. The predicted octanol–water partition coefficient (Wildman–Crippen LogP) is 2.67. The minimum atomic E-state index is -0.501. The Morgan fingerprint density at radius 2 is 1.83 bits per heavy atom. The quantitative estimate of drug-likeness (QED) is 0.491. The van der Waals surface area contributed by atoms with E-state index < -0.39 is 4.92 Å². The van der Waals surface area contributed by atoms with Crippen LogP contribution in [0.4, 0.5) is 11.4 Å². The summed E-state index contributed by atoms with van der Waals surface area (Å²) in [4.78, 5) is 10.3. The van der Waals surface area contributed by atoms with Gasteiger partial charge in [-0.2, -0.15) is 0 Å². The molecule has 0 spiro atoms. The van der Waals surface area contributed by atoms with Crippen molar-refractivity contribution >= 4 is 11.4 Å². The Balaban J connectivity index is 2.32. The summed E-state index contributed by atoms with van der Waals surface area (Å²) in [7, 11) is 0. The number of benzene rings is 2. The summed E-state index contributed by atoms with van der Waals surface area (Å²) in [6, 6.07) is 13.3. The van der Waals surface area contributed by atoms with Gasteiger partial charge in [0.15, 0.2) is 0 Å². The number of nitro groups is 1. The van der Waals surface area contributed by atoms with Crippen LogP contribution in [0.3, 0.4) is 0 Å². The van der Waals surface area contributed by atoms with Crippen LogP contribution in [0.2, 0.25) is 0 Å². The van der Waals surface area contributed by atoms with E-state index in [1.165, 1.54) is 12.1 Å². The number of nitrogens with one attached hydrogen (secondary N) is 1. The Morgan fingerprint density at radius 3 is 2.44 bits per heavy atom. The van der Waals surface area contributed by atoms with E-state index >= 15 is 0 Å². The van der Waals surface area contributed by atoms with Gasteiger partial charge in [0.2, 0.25) is 0 Å². The van der Waals surface area contributed by atoms with E-state index in [1.807, 2.05) is 18.2 Å². The molecule has 2 aromatic rings. The molecule has 0 saturated heterocycles. The average molecular weight is 245 g/mol. The van der Waals surface area contributed by atoms with Gasteiger partial charge >= 0.3 is 0 Å². The van der Waals surface area contributed by atoms with Crippen LogP contribution in [-0.2, 0) is 0 Å². The third-order valence-corrected chi connectivity index (χ3v) is 2.25. The standard InChI is InChI=1S/C12H11N3O3/c13-14-9-6-10(15(16)17)8-12(7-9)18-11-4-2-1-3-5-11/h1-8,14H,13H2. The van der Waals surface area contributed by atoms with Gasteiger partial charge < -0.3 is 10.2 Å². The van der Waals surface area contributed by atoms with E-state index in [-0.39, 0.29) is 5.69 Å². The molecule has 3 N–H and O–H groups in total. The maximum atomic E-state index is 10.8. The first kappa shape index (κ1) is 11.9. The first-order valence-electron chi connectivity index (χ1n) is 5.18. The van der Waals surface area contributed by atoms with Crippen LogP contribution < -0.4 is 16.0 Å². The van der Waals surface area contributed by atoms with Gasteiger partial charge in [0, 0.05) is 12.1 Å². The van der Waals surface area contributed by atoms with Crippen molar-refractivity contribution in [1.82, 2.24) is 0 Å². The van der Waals surface area contributed by atoms with Crippen LogP contribution in [0.25, 0.3) is 0 Å². The molecule has 6 nitrogen and oxygen atoms in total. The molecule has 0 atom stereocenters. The van der Waals surface area contributed by atoms with E-state index in [0.717, 1.165) is 0 Å². The number of hydrazine groups is 1. The maximum Gasteiger partial charge on any atom is 0.275 e. The van der Waals surface area contributed by atoms with Gasteiger partial charge in [0.25, 0.3) is 5.69 Å². The second-order valence-electron chi connectivity index (χ2n) is 3.53. The molecule has 0 saturated carbocycles. The van der Waals surface area contributed by atoms with Crippen molar-refractivity contribution in [3.63, 3.8) is 0 Å². The van der Waals surface area contributed by atoms with Gasteiger partial charge in [0.05, 0.1) is 16.7 Å². The lowest BCUT2D eigenvalue weighted by molar-refractivity contribution is -0.384. The highest BCUT2D eigenvalue weighted by molar-refractivity contribution is 5.56. The fourth-order valence-corrected chi connectivity index (χ4v) is 1.46. The first-order chi connectivity index (χ1) is 8.69. The minimum absolute atomic E-state index is 0.0867. The number of anilines is 1. The second kappa shape index (κ2) is 5.15. The fraction of sp³-hybridized carbons (Fsp3) is 0. The van der Waals surface area contributed by atoms with E-state index in [2.05, 4.69) is 5.43 Å². The first-order valence-corrected chi connectivity index (χ1v) is 5.18. The summed E-state index contributed by atoms with van der Waals surface area (Å²) in [6.07, 6.45) is 0. The number of rotatable bonds is 4. The van der Waals surface area contributed by atoms with Crippen molar-refractivity contribution in [3.8, 4) is 11.5 Å². The molecule has 92 valence electrons. The molecular weight excluding hydrogens is 234 g/mol. The highest BCUT2D eigenvalue weighted by atomic mass is 16.6. The Morgan fingerprint density at radius 1 is 1.11 bits per heavy atom. The summed E-state index contributed by atoms with van der Waals surface area (Å²) in [5.74, 6) is 6.20. The number of nitro benzene ring substituents is 1. The Bertz CT molecular complexity index is 558. The lowest BCUT2D eigenvalue weighted by Crippen LogP contribution is -2.07. The predicted molar refractivity (Wildman–Crippen MR) is 67.4 cm³/mol. The number of hydrogen-bond acceptors (Lipinski definition) is 5. The molecule has 0 aliphatic heterocycles. The van der Waals surface area contributed by atoms with Crippen LogP contribution in [0.5, 0.6) is 11.5 Å². The molecule has 0 radical (unpaired) electrons. The Hall–Kier alpha value is -2.60. The molecule has 18 heavy (non-hydrogen) atoms. The normalized spacial score (nSPS) is 9.83. The van der Waals surface area contributed by atoms with Gasteiger partial charge in [-0.25, -0.2) is 0 Å². The molecule has 2 rings (SSSR count). The molecule has 2 aromatic carbocycles. The Kier molecular flexibility index (Phi) is 3.40. The van der Waals surface area contributed by atoms with Crippen molar-refractivity contribution in [2.45, 2.75) is 0 Å². The van der Waals surface area contributed by atoms with E-state index in [1.54, 1.807) is 18.2 Å². The largest absolute Gasteiger partial charge is 0.457 e. The molecule has 0 heterocycles. The topological polar surface area (TPSA) is 90.4 Å². The van der Waals surface area contributed by atoms with E-state index in [9.17, 15) is 10.1 Å². The lowest BCUT2D eigenvalue weighted by atomic mass is 10.2. The zero-order valence-electron chi connectivity index (χ0n) is 9.37. The van der Waals surface area contributed by atoms with E-state index in [0.29, 0.717) is 17.2 Å². The van der Waals surface area contributed by atoms with Crippen LogP contribution >= 0.6 is 0 Å². The molecule has 0 fully saturated rings. The average Bonchev–Trinajstić information content (AvgIpc) is 2.39. The van der Waals surface area contributed by atoms with Crippen LogP contribution in [0.15, 0.2) is 48.5 Å². The number of hydrogen-bond donors (Lipinski definition) is 2. The Labute approximate surface area is 103 Å². The van der Waals surface area contributed by atoms with Gasteiger partial charge in [-0.1, -0.05) is 18.2 Å². The summed E-state index contributed by atoms with van der Waals surface area (Å²) in [5, 5.41) is 10.8. The van der Waals surface area contributed by atoms with Crippen LogP contribution in [-0.4, -0.2) is 4.92 Å². The smallest absolute Gasteiger partial charge is 0.275 e. The van der Waals surface area contributed by atoms with Crippen molar-refractivity contribution in [2.75, 3.05) is 5.43 Å². The minimum Gasteiger partial charge on any atom is -0.457 e.